The highest BCUT2D eigenvalue weighted by Crippen LogP contribution is 2.26. The maximum atomic E-state index is 11.7. The van der Waals surface area contributed by atoms with Crippen molar-refractivity contribution >= 4 is 17.7 Å². The highest BCUT2D eigenvalue weighted by Gasteiger charge is 2.29. The first kappa shape index (κ1) is 14.8. The number of nitrogens with one attached hydrogen (secondary N) is 1. The second-order valence-electron chi connectivity index (χ2n) is 5.00. The molecular formula is C13H25NO2S. The molecule has 1 aliphatic heterocycles. The minimum absolute atomic E-state index is 0.0883. The minimum Gasteiger partial charge on any atom is -0.388 e. The van der Waals surface area contributed by atoms with E-state index in [0.717, 1.165) is 37.2 Å². The third-order valence-electron chi connectivity index (χ3n) is 3.67. The molecule has 0 spiro atoms. The molecular weight excluding hydrogens is 234 g/mol. The Morgan fingerprint density at radius 2 is 1.94 bits per heavy atom. The SMILES string of the molecule is CCC(CC)CC(=O)NCC1(O)CCSCC1. The fraction of sp³-hybridized carbons (Fsp3) is 0.923. The van der Waals surface area contributed by atoms with Crippen molar-refractivity contribution in [3.63, 3.8) is 0 Å². The highest BCUT2D eigenvalue weighted by molar-refractivity contribution is 7.99. The zero-order valence-corrected chi connectivity index (χ0v) is 11.8. The van der Waals surface area contributed by atoms with E-state index in [4.69, 9.17) is 0 Å². The lowest BCUT2D eigenvalue weighted by Crippen LogP contribution is -2.45. The number of carbonyl (C=O) groups excluding carboxylic acids is 1. The van der Waals surface area contributed by atoms with Crippen molar-refractivity contribution < 1.29 is 9.90 Å². The summed E-state index contributed by atoms with van der Waals surface area (Å²) in [6.07, 6.45) is 4.28. The minimum atomic E-state index is -0.658. The van der Waals surface area contributed by atoms with Crippen molar-refractivity contribution in [2.45, 2.75) is 51.6 Å². The molecule has 4 heteroatoms. The van der Waals surface area contributed by atoms with Crippen LogP contribution in [0.1, 0.15) is 46.0 Å². The molecule has 100 valence electrons. The molecule has 1 amide bonds. The second kappa shape index (κ2) is 7.27. The summed E-state index contributed by atoms with van der Waals surface area (Å²) in [6, 6.07) is 0. The molecule has 1 fully saturated rings. The van der Waals surface area contributed by atoms with Crippen LogP contribution >= 0.6 is 11.8 Å². The lowest BCUT2D eigenvalue weighted by atomic mass is 9.96. The van der Waals surface area contributed by atoms with E-state index in [2.05, 4.69) is 19.2 Å². The van der Waals surface area contributed by atoms with Crippen molar-refractivity contribution in [3.8, 4) is 0 Å². The fourth-order valence-corrected chi connectivity index (χ4v) is 3.36. The highest BCUT2D eigenvalue weighted by atomic mass is 32.2. The molecule has 0 unspecified atom stereocenters. The summed E-state index contributed by atoms with van der Waals surface area (Å²) in [5, 5.41) is 13.1. The zero-order chi connectivity index (χ0) is 12.7. The predicted octanol–water partition coefficient (Wildman–Crippen LogP) is 2.19. The number of aliphatic hydroxyl groups is 1. The van der Waals surface area contributed by atoms with Crippen LogP contribution in [0.15, 0.2) is 0 Å². The van der Waals surface area contributed by atoms with Crippen LogP contribution in [0.5, 0.6) is 0 Å². The number of rotatable bonds is 6. The van der Waals surface area contributed by atoms with Crippen LogP contribution < -0.4 is 5.32 Å². The third-order valence-corrected chi connectivity index (χ3v) is 4.65. The molecule has 2 N–H and O–H groups in total. The second-order valence-corrected chi connectivity index (χ2v) is 6.22. The molecule has 0 saturated carbocycles. The summed E-state index contributed by atoms with van der Waals surface area (Å²) in [5.74, 6) is 2.56. The van der Waals surface area contributed by atoms with Crippen LogP contribution in [-0.2, 0) is 4.79 Å². The number of thioether (sulfide) groups is 1. The van der Waals surface area contributed by atoms with Gasteiger partial charge in [0.05, 0.1) is 5.60 Å². The maximum Gasteiger partial charge on any atom is 0.220 e. The standard InChI is InChI=1S/C13H25NO2S/c1-3-11(4-2)9-12(15)14-10-13(16)5-7-17-8-6-13/h11,16H,3-10H2,1-2H3,(H,14,15). The summed E-state index contributed by atoms with van der Waals surface area (Å²) >= 11 is 1.88. The Kier molecular flexibility index (Phi) is 6.34. The smallest absolute Gasteiger partial charge is 0.220 e. The van der Waals surface area contributed by atoms with Crippen molar-refractivity contribution in [2.75, 3.05) is 18.1 Å². The Morgan fingerprint density at radius 3 is 2.47 bits per heavy atom. The van der Waals surface area contributed by atoms with Gasteiger partial charge in [0.2, 0.25) is 5.91 Å². The largest absolute Gasteiger partial charge is 0.388 e. The Bertz CT molecular complexity index is 236. The van der Waals surface area contributed by atoms with Crippen LogP contribution in [0.25, 0.3) is 0 Å². The molecule has 1 aliphatic rings. The molecule has 1 rings (SSSR count). The van der Waals surface area contributed by atoms with Gasteiger partial charge in [-0.05, 0) is 30.3 Å². The molecule has 1 heterocycles. The van der Waals surface area contributed by atoms with E-state index in [0.29, 0.717) is 18.9 Å². The first-order valence-corrected chi connectivity index (χ1v) is 7.82. The quantitative estimate of drug-likeness (QED) is 0.769. The van der Waals surface area contributed by atoms with Crippen LogP contribution in [-0.4, -0.2) is 34.7 Å². The number of amides is 1. The Labute approximate surface area is 109 Å². The summed E-state index contributed by atoms with van der Waals surface area (Å²) in [5.41, 5.74) is -0.658. The van der Waals surface area contributed by atoms with Crippen LogP contribution in [0, 0.1) is 5.92 Å². The lowest BCUT2D eigenvalue weighted by molar-refractivity contribution is -0.123. The lowest BCUT2D eigenvalue weighted by Gasteiger charge is -2.32. The molecule has 3 nitrogen and oxygen atoms in total. The first-order valence-electron chi connectivity index (χ1n) is 6.66. The van der Waals surface area contributed by atoms with Crippen LogP contribution in [0.2, 0.25) is 0 Å². The van der Waals surface area contributed by atoms with Crippen LogP contribution in [0.3, 0.4) is 0 Å². The molecule has 0 aromatic rings. The maximum absolute atomic E-state index is 11.7. The molecule has 17 heavy (non-hydrogen) atoms. The van der Waals surface area contributed by atoms with E-state index in [9.17, 15) is 9.90 Å². The molecule has 0 aliphatic carbocycles. The average Bonchev–Trinajstić information content (AvgIpc) is 2.34. The molecule has 1 saturated heterocycles. The Balaban J connectivity index is 2.27. The van der Waals surface area contributed by atoms with Crippen molar-refractivity contribution in [1.29, 1.82) is 0 Å². The van der Waals surface area contributed by atoms with Crippen molar-refractivity contribution in [3.05, 3.63) is 0 Å². The zero-order valence-electron chi connectivity index (χ0n) is 11.0. The van der Waals surface area contributed by atoms with Gasteiger partial charge < -0.3 is 10.4 Å². The summed E-state index contributed by atoms with van der Waals surface area (Å²) < 4.78 is 0. The molecule has 0 aromatic heterocycles. The van der Waals surface area contributed by atoms with Gasteiger partial charge in [-0.1, -0.05) is 26.7 Å². The third kappa shape index (κ3) is 5.30. The number of carbonyl (C=O) groups is 1. The van der Waals surface area contributed by atoms with E-state index in [1.807, 2.05) is 11.8 Å². The van der Waals surface area contributed by atoms with Gasteiger partial charge in [-0.25, -0.2) is 0 Å². The van der Waals surface area contributed by atoms with Gasteiger partial charge >= 0.3 is 0 Å². The van der Waals surface area contributed by atoms with Crippen LogP contribution in [0.4, 0.5) is 0 Å². The van der Waals surface area contributed by atoms with Gasteiger partial charge in [0.15, 0.2) is 0 Å². The first-order chi connectivity index (χ1) is 8.09. The van der Waals surface area contributed by atoms with Gasteiger partial charge in [0, 0.05) is 13.0 Å². The molecule has 0 bridgehead atoms. The van der Waals surface area contributed by atoms with Gasteiger partial charge in [0.25, 0.3) is 0 Å². The number of hydrogen-bond donors (Lipinski definition) is 2. The van der Waals surface area contributed by atoms with Gasteiger partial charge in [-0.3, -0.25) is 4.79 Å². The van der Waals surface area contributed by atoms with E-state index in [-0.39, 0.29) is 5.91 Å². The summed E-state index contributed by atoms with van der Waals surface area (Å²) in [6.45, 7) is 4.66. The molecule has 0 atom stereocenters. The van der Waals surface area contributed by atoms with Gasteiger partial charge in [-0.2, -0.15) is 11.8 Å². The van der Waals surface area contributed by atoms with Gasteiger partial charge in [0.1, 0.15) is 0 Å². The van der Waals surface area contributed by atoms with E-state index in [1.54, 1.807) is 0 Å². The van der Waals surface area contributed by atoms with Gasteiger partial charge in [-0.15, -0.1) is 0 Å². The van der Waals surface area contributed by atoms with Crippen molar-refractivity contribution in [1.82, 2.24) is 5.32 Å². The van der Waals surface area contributed by atoms with E-state index >= 15 is 0 Å². The Morgan fingerprint density at radius 1 is 1.35 bits per heavy atom. The van der Waals surface area contributed by atoms with Crippen molar-refractivity contribution in [2.24, 2.45) is 5.92 Å². The Hall–Kier alpha value is -0.220. The molecule has 0 radical (unpaired) electrons. The van der Waals surface area contributed by atoms with E-state index in [1.165, 1.54) is 0 Å². The predicted molar refractivity (Wildman–Crippen MR) is 73.2 cm³/mol. The average molecular weight is 259 g/mol. The normalized spacial score (nSPS) is 19.3. The van der Waals surface area contributed by atoms with E-state index < -0.39 is 5.60 Å². The fourth-order valence-electron chi connectivity index (χ4n) is 2.10. The summed E-state index contributed by atoms with van der Waals surface area (Å²) in [7, 11) is 0. The topological polar surface area (TPSA) is 49.3 Å². The monoisotopic (exact) mass is 259 g/mol. The number of hydrogen-bond acceptors (Lipinski definition) is 3. The molecule has 0 aromatic carbocycles. The summed E-state index contributed by atoms with van der Waals surface area (Å²) in [4.78, 5) is 11.7.